The van der Waals surface area contributed by atoms with E-state index in [4.69, 9.17) is 14.8 Å². The van der Waals surface area contributed by atoms with Gasteiger partial charge >= 0.3 is 0 Å². The van der Waals surface area contributed by atoms with Crippen LogP contribution in [0.15, 0.2) is 21.8 Å². The van der Waals surface area contributed by atoms with Crippen LogP contribution >= 0.6 is 0 Å². The van der Waals surface area contributed by atoms with Gasteiger partial charge in [-0.25, -0.2) is 4.99 Å². The molecular formula is C23H41N5O3. The Morgan fingerprint density at radius 3 is 2.71 bits per heavy atom. The third-order valence-electron chi connectivity index (χ3n) is 5.09. The third-order valence-corrected chi connectivity index (χ3v) is 5.09. The van der Waals surface area contributed by atoms with Crippen LogP contribution in [-0.2, 0) is 4.74 Å². The monoisotopic (exact) mass is 435 g/mol. The molecule has 5 N–H and O–H groups in total. The number of hydrogen-bond acceptors (Lipinski definition) is 8. The first-order valence-electron chi connectivity index (χ1n) is 11.3. The largest absolute Gasteiger partial charge is 0.484 e. The zero-order chi connectivity index (χ0) is 22.9. The molecule has 8 heteroatoms. The highest BCUT2D eigenvalue weighted by molar-refractivity contribution is 5.84. The van der Waals surface area contributed by atoms with Crippen molar-refractivity contribution in [2.45, 2.75) is 71.6 Å². The summed E-state index contributed by atoms with van der Waals surface area (Å²) in [6.45, 7) is 7.82. The van der Waals surface area contributed by atoms with E-state index in [0.29, 0.717) is 38.0 Å². The number of aliphatic hydroxyl groups excluding tert-OH is 2. The van der Waals surface area contributed by atoms with E-state index in [1.165, 1.54) is 0 Å². The fraction of sp³-hybridized carbons (Fsp3) is 0.739. The van der Waals surface area contributed by atoms with Gasteiger partial charge < -0.3 is 20.3 Å². The van der Waals surface area contributed by atoms with Crippen LogP contribution in [0.1, 0.15) is 59.3 Å². The fourth-order valence-electron chi connectivity index (χ4n) is 3.09. The zero-order valence-electron chi connectivity index (χ0n) is 19.6. The van der Waals surface area contributed by atoms with Crippen LogP contribution in [0.25, 0.3) is 0 Å². The summed E-state index contributed by atoms with van der Waals surface area (Å²) in [4.78, 5) is 8.94. The van der Waals surface area contributed by atoms with Crippen molar-refractivity contribution in [3.8, 4) is 11.8 Å². The highest BCUT2D eigenvalue weighted by Crippen LogP contribution is 2.12. The summed E-state index contributed by atoms with van der Waals surface area (Å²) in [5.41, 5.74) is 1.94. The number of aliphatic hydroxyl groups is 2. The molecule has 8 nitrogen and oxygen atoms in total. The summed E-state index contributed by atoms with van der Waals surface area (Å²) in [6, 6.07) is 0.295. The molecule has 0 bridgehead atoms. The Balaban J connectivity index is 2.54. The minimum Gasteiger partial charge on any atom is -0.484 e. The summed E-state index contributed by atoms with van der Waals surface area (Å²) in [7, 11) is 1.63. The Morgan fingerprint density at radius 1 is 1.29 bits per heavy atom. The highest BCUT2D eigenvalue weighted by Gasteiger charge is 2.11. The molecule has 3 unspecified atom stereocenters. The molecule has 1 rings (SSSR count). The standard InChI is InChI=1S/C23H41N5O3/c1-5-20(16-30)14-19(3)26-17-27-23(24-12-7-13-29)28-18(2)8-6-9-21-10-11-22(31-4)25-15-21/h15,19-20,23-24,26-27,29-30H,5,7-8,10-14,16-17H2,1-4H3. The molecule has 0 aliphatic carbocycles. The van der Waals surface area contributed by atoms with E-state index in [1.807, 2.05) is 6.92 Å². The SMILES string of the molecule is CCC(CO)CC(C)NCNC(N=C(C)CC#CC1=CN=C(OC)CC1)NCCCO. The number of ether oxygens (including phenoxy) is 1. The number of allylic oxidation sites excluding steroid dienone is 1. The maximum absolute atomic E-state index is 9.37. The van der Waals surface area contributed by atoms with Crippen LogP contribution in [0.2, 0.25) is 0 Å². The van der Waals surface area contributed by atoms with Crippen LogP contribution in [0.4, 0.5) is 0 Å². The average Bonchev–Trinajstić information content (AvgIpc) is 2.78. The lowest BCUT2D eigenvalue weighted by molar-refractivity contribution is 0.203. The number of aliphatic imine (C=N–C) groups is 2. The Labute approximate surface area is 187 Å². The number of methoxy groups -OCH3 is 1. The van der Waals surface area contributed by atoms with Crippen LogP contribution < -0.4 is 16.0 Å². The van der Waals surface area contributed by atoms with Gasteiger partial charge in [0.25, 0.3) is 0 Å². The first-order valence-corrected chi connectivity index (χ1v) is 11.3. The normalized spacial score (nSPS) is 17.2. The van der Waals surface area contributed by atoms with Crippen molar-refractivity contribution in [1.29, 1.82) is 0 Å². The quantitative estimate of drug-likeness (QED) is 0.123. The second-order valence-electron chi connectivity index (χ2n) is 7.84. The lowest BCUT2D eigenvalue weighted by atomic mass is 9.99. The first-order chi connectivity index (χ1) is 15.0. The molecule has 0 spiro atoms. The second-order valence-corrected chi connectivity index (χ2v) is 7.84. The molecule has 1 aliphatic heterocycles. The minimum atomic E-state index is -0.254. The topological polar surface area (TPSA) is 110 Å². The molecule has 0 aromatic heterocycles. The predicted molar refractivity (Wildman–Crippen MR) is 127 cm³/mol. The third kappa shape index (κ3) is 12.6. The van der Waals surface area contributed by atoms with Gasteiger partial charge in [0, 0.05) is 62.8 Å². The maximum atomic E-state index is 9.37. The molecule has 3 atom stereocenters. The molecule has 0 saturated carbocycles. The van der Waals surface area contributed by atoms with E-state index < -0.39 is 0 Å². The molecule has 0 aromatic rings. The van der Waals surface area contributed by atoms with Crippen LogP contribution in [0.5, 0.6) is 0 Å². The molecule has 31 heavy (non-hydrogen) atoms. The van der Waals surface area contributed by atoms with Crippen molar-refractivity contribution in [1.82, 2.24) is 16.0 Å². The van der Waals surface area contributed by atoms with E-state index in [2.05, 4.69) is 46.6 Å². The Morgan fingerprint density at radius 2 is 2.10 bits per heavy atom. The summed E-state index contributed by atoms with van der Waals surface area (Å²) in [6.07, 6.45) is 6.31. The van der Waals surface area contributed by atoms with Gasteiger partial charge in [0.15, 0.2) is 12.2 Å². The van der Waals surface area contributed by atoms with E-state index in [9.17, 15) is 5.11 Å². The highest BCUT2D eigenvalue weighted by atomic mass is 16.5. The van der Waals surface area contributed by atoms with Gasteiger partial charge in [0.2, 0.25) is 0 Å². The summed E-state index contributed by atoms with van der Waals surface area (Å²) < 4.78 is 5.14. The molecule has 1 aliphatic rings. The molecular weight excluding hydrogens is 394 g/mol. The summed E-state index contributed by atoms with van der Waals surface area (Å²) in [5.74, 6) is 7.42. The van der Waals surface area contributed by atoms with E-state index >= 15 is 0 Å². The second kappa shape index (κ2) is 16.9. The van der Waals surface area contributed by atoms with Crippen LogP contribution in [0.3, 0.4) is 0 Å². The first kappa shape index (κ1) is 27.3. The lowest BCUT2D eigenvalue weighted by Gasteiger charge is -2.22. The van der Waals surface area contributed by atoms with Crippen molar-refractivity contribution < 1.29 is 14.9 Å². The minimum absolute atomic E-state index is 0.144. The van der Waals surface area contributed by atoms with E-state index in [-0.39, 0.29) is 19.5 Å². The number of nitrogens with zero attached hydrogens (tertiary/aromatic N) is 2. The van der Waals surface area contributed by atoms with Gasteiger partial charge in [0.1, 0.15) is 0 Å². The number of rotatable bonds is 14. The number of hydrogen-bond donors (Lipinski definition) is 5. The van der Waals surface area contributed by atoms with Crippen LogP contribution in [-0.4, -0.2) is 67.7 Å². The van der Waals surface area contributed by atoms with Gasteiger partial charge in [-0.05, 0) is 39.0 Å². The smallest absolute Gasteiger partial charge is 0.187 e. The molecule has 0 fully saturated rings. The van der Waals surface area contributed by atoms with Gasteiger partial charge in [-0.15, -0.1) is 0 Å². The molecule has 0 radical (unpaired) electrons. The van der Waals surface area contributed by atoms with Crippen molar-refractivity contribution in [2.24, 2.45) is 15.9 Å². The predicted octanol–water partition coefficient (Wildman–Crippen LogP) is 1.75. The van der Waals surface area contributed by atoms with Gasteiger partial charge in [-0.3, -0.25) is 15.6 Å². The zero-order valence-corrected chi connectivity index (χ0v) is 19.6. The van der Waals surface area contributed by atoms with Crippen molar-refractivity contribution in [2.75, 3.05) is 33.5 Å². The molecule has 1 heterocycles. The lowest BCUT2D eigenvalue weighted by Crippen LogP contribution is -2.47. The van der Waals surface area contributed by atoms with Gasteiger partial charge in [0.05, 0.1) is 7.11 Å². The van der Waals surface area contributed by atoms with E-state index in [1.54, 1.807) is 13.3 Å². The fourth-order valence-corrected chi connectivity index (χ4v) is 3.09. The molecule has 176 valence electrons. The molecule has 0 aromatic carbocycles. The average molecular weight is 436 g/mol. The van der Waals surface area contributed by atoms with E-state index in [0.717, 1.165) is 42.9 Å². The number of nitrogens with one attached hydrogen (secondary N) is 3. The van der Waals surface area contributed by atoms with Gasteiger partial charge in [-0.1, -0.05) is 25.2 Å². The Bertz CT molecular complexity index is 647. The maximum Gasteiger partial charge on any atom is 0.187 e. The Kier molecular flexibility index (Phi) is 14.8. The van der Waals surface area contributed by atoms with Crippen molar-refractivity contribution in [3.05, 3.63) is 11.8 Å². The Hall–Kier alpha value is -1.76. The molecule has 0 amide bonds. The van der Waals surface area contributed by atoms with Crippen molar-refractivity contribution in [3.63, 3.8) is 0 Å². The van der Waals surface area contributed by atoms with Crippen LogP contribution in [0, 0.1) is 17.8 Å². The molecule has 0 saturated heterocycles. The van der Waals surface area contributed by atoms with Crippen molar-refractivity contribution >= 4 is 11.6 Å². The van der Waals surface area contributed by atoms with Gasteiger partial charge in [-0.2, -0.15) is 0 Å². The summed E-state index contributed by atoms with van der Waals surface area (Å²) in [5, 5.41) is 28.5. The summed E-state index contributed by atoms with van der Waals surface area (Å²) >= 11 is 0.